The van der Waals surface area contributed by atoms with Crippen LogP contribution in [0.3, 0.4) is 0 Å². The highest BCUT2D eigenvalue weighted by Gasteiger charge is 2.15. The zero-order valence-electron chi connectivity index (χ0n) is 11.4. The number of rotatable bonds is 3. The maximum atomic E-state index is 7.75. The molecule has 0 aliphatic heterocycles. The van der Waals surface area contributed by atoms with E-state index in [9.17, 15) is 0 Å². The summed E-state index contributed by atoms with van der Waals surface area (Å²) in [5, 5.41) is 9.55. The molecule has 9 heteroatoms. The molecule has 0 bridgehead atoms. The maximum Gasteiger partial charge on any atom is 0.164 e. The summed E-state index contributed by atoms with van der Waals surface area (Å²) in [6.07, 6.45) is 0. The van der Waals surface area contributed by atoms with Gasteiger partial charge in [0.1, 0.15) is 0 Å². The fourth-order valence-electron chi connectivity index (χ4n) is 1.35. The lowest BCUT2D eigenvalue weighted by atomic mass is 10.3. The highest BCUT2D eigenvalue weighted by atomic mass is 35.5. The molecule has 0 spiro atoms. The minimum absolute atomic E-state index is 0.0972. The lowest BCUT2D eigenvalue weighted by molar-refractivity contribution is 0.306. The smallest absolute Gasteiger partial charge is 0.164 e. The zero-order valence-corrected chi connectivity index (χ0v) is 16.0. The number of nitrogens with two attached hydrogens (primary N) is 1. The Balaban J connectivity index is 0.000000593. The van der Waals surface area contributed by atoms with Crippen molar-refractivity contribution in [2.45, 2.75) is 0 Å². The Morgan fingerprint density at radius 1 is 0.739 bits per heavy atom. The Morgan fingerprint density at radius 3 is 1.22 bits per heavy atom. The highest BCUT2D eigenvalue weighted by molar-refractivity contribution is 6.41. The maximum absolute atomic E-state index is 7.75. The van der Waals surface area contributed by atoms with Crippen molar-refractivity contribution < 1.29 is 9.84 Å². The second-order valence-electron chi connectivity index (χ2n) is 4.01. The molecule has 0 atom stereocenters. The van der Waals surface area contributed by atoms with Gasteiger partial charge in [-0.25, -0.2) is 0 Å². The van der Waals surface area contributed by atoms with E-state index in [4.69, 9.17) is 85.2 Å². The van der Waals surface area contributed by atoms with E-state index >= 15 is 0 Å². The first-order valence-electron chi connectivity index (χ1n) is 6.08. The number of benzene rings is 2. The van der Waals surface area contributed by atoms with Gasteiger partial charge in [-0.1, -0.05) is 69.6 Å². The van der Waals surface area contributed by atoms with E-state index in [1.54, 1.807) is 0 Å². The van der Waals surface area contributed by atoms with Crippen LogP contribution in [-0.2, 0) is 0 Å². The molecule has 0 amide bonds. The number of aliphatic hydroxyl groups excluding tert-OH is 1. The van der Waals surface area contributed by atoms with Crippen molar-refractivity contribution in [2.24, 2.45) is 5.73 Å². The van der Waals surface area contributed by atoms with Gasteiger partial charge in [-0.3, -0.25) is 0 Å². The van der Waals surface area contributed by atoms with Gasteiger partial charge >= 0.3 is 0 Å². The molecule has 0 heterocycles. The highest BCUT2D eigenvalue weighted by Crippen LogP contribution is 2.44. The van der Waals surface area contributed by atoms with Crippen LogP contribution >= 0.6 is 69.6 Å². The quantitative estimate of drug-likeness (QED) is 0.589. The molecule has 0 aromatic heterocycles. The van der Waals surface area contributed by atoms with Gasteiger partial charge in [-0.05, 0) is 24.3 Å². The number of aliphatic hydroxyl groups is 1. The number of ether oxygens (including phenoxy) is 1. The van der Waals surface area contributed by atoms with E-state index in [2.05, 4.69) is 0 Å². The predicted molar refractivity (Wildman–Crippen MR) is 99.2 cm³/mol. The van der Waals surface area contributed by atoms with Crippen molar-refractivity contribution in [1.82, 2.24) is 0 Å². The molecule has 3 N–H and O–H groups in total. The van der Waals surface area contributed by atoms with E-state index < -0.39 is 0 Å². The van der Waals surface area contributed by atoms with Gasteiger partial charge in [0.05, 0.1) is 26.7 Å². The second kappa shape index (κ2) is 10.0. The predicted octanol–water partition coefficient (Wildman–Crippen LogP) is 6.34. The van der Waals surface area contributed by atoms with E-state index in [1.165, 1.54) is 24.3 Å². The minimum atomic E-state index is 0.0972. The average Bonchev–Trinajstić information content (AvgIpc) is 2.45. The summed E-state index contributed by atoms with van der Waals surface area (Å²) in [4.78, 5) is 0. The number of halogens is 6. The van der Waals surface area contributed by atoms with Crippen LogP contribution in [0.15, 0.2) is 24.3 Å². The summed E-state index contributed by atoms with van der Waals surface area (Å²) < 4.78 is 5.57. The number of hydrogen-bond donors (Lipinski definition) is 2. The molecule has 0 radical (unpaired) electrons. The van der Waals surface area contributed by atoms with Crippen LogP contribution in [0.1, 0.15) is 0 Å². The Labute approximate surface area is 163 Å². The molecule has 0 aliphatic carbocycles. The van der Waals surface area contributed by atoms with Gasteiger partial charge in [0.25, 0.3) is 0 Å². The molecule has 0 unspecified atom stereocenters. The van der Waals surface area contributed by atoms with Crippen LogP contribution in [0.5, 0.6) is 11.5 Å². The Bertz CT molecular complexity index is 577. The van der Waals surface area contributed by atoms with Gasteiger partial charge in [-0.15, -0.1) is 0 Å². The molecule has 2 aromatic rings. The lowest BCUT2D eigenvalue weighted by Crippen LogP contribution is -2.02. The van der Waals surface area contributed by atoms with E-state index in [1.807, 2.05) is 0 Å². The first kappa shape index (κ1) is 20.9. The SMILES string of the molecule is Clc1cc(Cl)c(Oc2c(Cl)cc(Cl)cc2Cl)c(Cl)c1.NCCO. The summed E-state index contributed by atoms with van der Waals surface area (Å²) in [7, 11) is 0. The van der Waals surface area contributed by atoms with Crippen LogP contribution in [0.4, 0.5) is 0 Å². The molecule has 23 heavy (non-hydrogen) atoms. The fourth-order valence-corrected chi connectivity index (χ4v) is 3.14. The van der Waals surface area contributed by atoms with Gasteiger partial charge in [0, 0.05) is 16.6 Å². The summed E-state index contributed by atoms with van der Waals surface area (Å²) >= 11 is 35.7. The summed E-state index contributed by atoms with van der Waals surface area (Å²) in [5.41, 5.74) is 4.78. The monoisotopic (exact) mass is 435 g/mol. The molecule has 0 aliphatic rings. The van der Waals surface area contributed by atoms with Crippen molar-refractivity contribution in [2.75, 3.05) is 13.2 Å². The molecular formula is C14H11Cl6NO2. The largest absolute Gasteiger partial charge is 0.451 e. The Hall–Kier alpha value is -0.100. The molecule has 126 valence electrons. The van der Waals surface area contributed by atoms with Gasteiger partial charge in [-0.2, -0.15) is 0 Å². The van der Waals surface area contributed by atoms with Crippen molar-refractivity contribution >= 4 is 69.6 Å². The third kappa shape index (κ3) is 6.37. The molecular weight excluding hydrogens is 427 g/mol. The van der Waals surface area contributed by atoms with Crippen LogP contribution in [0, 0.1) is 0 Å². The first-order valence-corrected chi connectivity index (χ1v) is 8.34. The van der Waals surface area contributed by atoms with E-state index in [-0.39, 0.29) is 38.2 Å². The summed E-state index contributed by atoms with van der Waals surface area (Å²) in [5.74, 6) is 0.442. The van der Waals surface area contributed by atoms with Crippen LogP contribution in [0.25, 0.3) is 0 Å². The second-order valence-corrected chi connectivity index (χ2v) is 6.51. The molecule has 3 nitrogen and oxygen atoms in total. The fraction of sp³-hybridized carbons (Fsp3) is 0.143. The van der Waals surface area contributed by atoms with Gasteiger partial charge in [0.15, 0.2) is 11.5 Å². The third-order valence-corrected chi connectivity index (χ3v) is 3.82. The van der Waals surface area contributed by atoms with Crippen molar-refractivity contribution in [3.63, 3.8) is 0 Å². The zero-order chi connectivity index (χ0) is 17.6. The van der Waals surface area contributed by atoms with Gasteiger partial charge < -0.3 is 15.6 Å². The van der Waals surface area contributed by atoms with Crippen LogP contribution in [0.2, 0.25) is 30.1 Å². The third-order valence-electron chi connectivity index (χ3n) is 2.26. The van der Waals surface area contributed by atoms with Crippen molar-refractivity contribution in [3.05, 3.63) is 54.4 Å². The van der Waals surface area contributed by atoms with Crippen LogP contribution in [-0.4, -0.2) is 18.3 Å². The average molecular weight is 438 g/mol. The van der Waals surface area contributed by atoms with Gasteiger partial charge in [0.2, 0.25) is 0 Å². The lowest BCUT2D eigenvalue weighted by Gasteiger charge is -2.12. The van der Waals surface area contributed by atoms with E-state index in [0.717, 1.165) is 0 Å². The summed E-state index contributed by atoms with van der Waals surface area (Å²) in [6.45, 7) is 0.472. The molecule has 2 rings (SSSR count). The summed E-state index contributed by atoms with van der Waals surface area (Å²) in [6, 6.07) is 6.01. The normalized spacial score (nSPS) is 10.1. The van der Waals surface area contributed by atoms with Crippen molar-refractivity contribution in [3.8, 4) is 11.5 Å². The Kier molecular flexibility index (Phi) is 9.12. The van der Waals surface area contributed by atoms with E-state index in [0.29, 0.717) is 16.6 Å². The topological polar surface area (TPSA) is 55.5 Å². The van der Waals surface area contributed by atoms with Crippen molar-refractivity contribution in [1.29, 1.82) is 0 Å². The molecule has 0 fully saturated rings. The Morgan fingerprint density at radius 2 is 1.00 bits per heavy atom. The standard InChI is InChI=1S/C12H4Cl6O.C2H7NO/c13-5-1-7(15)11(8(16)2-5)19-12-9(17)3-6(14)4-10(12)18;3-1-2-4/h1-4H;4H,1-3H2. The van der Waals surface area contributed by atoms with Crippen LogP contribution < -0.4 is 10.5 Å². The molecule has 0 saturated carbocycles. The number of hydrogen-bond acceptors (Lipinski definition) is 3. The molecule has 2 aromatic carbocycles. The minimum Gasteiger partial charge on any atom is -0.451 e. The first-order chi connectivity index (χ1) is 10.8. The molecule has 0 saturated heterocycles.